The van der Waals surface area contributed by atoms with Crippen LogP contribution in [0.3, 0.4) is 0 Å². The van der Waals surface area contributed by atoms with Gasteiger partial charge in [-0.2, -0.15) is 18.3 Å². The van der Waals surface area contributed by atoms with Crippen molar-refractivity contribution >= 4 is 22.8 Å². The minimum absolute atomic E-state index is 0.0390. The van der Waals surface area contributed by atoms with Crippen molar-refractivity contribution < 1.29 is 32.9 Å². The summed E-state index contributed by atoms with van der Waals surface area (Å²) in [6.45, 7) is -0.953. The van der Waals surface area contributed by atoms with Gasteiger partial charge in [-0.25, -0.2) is 14.6 Å². The Morgan fingerprint density at radius 3 is 2.86 bits per heavy atom. The standard InChI is InChI=1S/C15H15F3N6O4/c16-15(17,18)14(27)20-3-1-2-7-11-12(19)21-6-22-13(11)24(23-7)10-4-8(26)9(5-25)28-10/h6,8-10,25-26H,3-5H2,(H,20,27)(H2,19,21,22)/t8-,9+,10-/m0/s1. The maximum atomic E-state index is 12.2. The molecule has 0 saturated carbocycles. The lowest BCUT2D eigenvalue weighted by Crippen LogP contribution is -2.36. The number of alkyl halides is 3. The fourth-order valence-electron chi connectivity index (χ4n) is 2.66. The van der Waals surface area contributed by atoms with Crippen molar-refractivity contribution in [2.24, 2.45) is 0 Å². The van der Waals surface area contributed by atoms with E-state index in [0.29, 0.717) is 0 Å². The molecule has 1 aliphatic rings. The monoisotopic (exact) mass is 400 g/mol. The Labute approximate surface area is 155 Å². The molecule has 5 N–H and O–H groups in total. The second-order valence-electron chi connectivity index (χ2n) is 5.85. The van der Waals surface area contributed by atoms with Crippen molar-refractivity contribution in [3.63, 3.8) is 0 Å². The third-order valence-corrected chi connectivity index (χ3v) is 3.98. The number of aromatic nitrogens is 4. The number of nitrogens with zero attached hydrogens (tertiary/aromatic N) is 4. The SMILES string of the molecule is Nc1ncnc2c1c(C#CCNC(=O)C(F)(F)F)nn2[C@@H]1C[C@H](O)[C@@H](CO)O1. The summed E-state index contributed by atoms with van der Waals surface area (Å²) in [4.78, 5) is 18.7. The van der Waals surface area contributed by atoms with Crippen LogP contribution in [0.1, 0.15) is 18.3 Å². The minimum atomic E-state index is -5.00. The van der Waals surface area contributed by atoms with Crippen molar-refractivity contribution in [3.8, 4) is 11.8 Å². The Morgan fingerprint density at radius 2 is 2.21 bits per heavy atom. The number of nitrogens with one attached hydrogen (secondary N) is 1. The molecule has 0 spiro atoms. The third-order valence-electron chi connectivity index (χ3n) is 3.98. The Balaban J connectivity index is 1.88. The average Bonchev–Trinajstić information content (AvgIpc) is 3.18. The van der Waals surface area contributed by atoms with Gasteiger partial charge in [-0.1, -0.05) is 5.92 Å². The second-order valence-corrected chi connectivity index (χ2v) is 5.85. The van der Waals surface area contributed by atoms with Gasteiger partial charge >= 0.3 is 12.1 Å². The number of nitrogens with two attached hydrogens (primary N) is 1. The van der Waals surface area contributed by atoms with Crippen LogP contribution in [0.5, 0.6) is 0 Å². The normalized spacial score (nSPS) is 22.1. The van der Waals surface area contributed by atoms with Crippen LogP contribution in [-0.2, 0) is 9.53 Å². The van der Waals surface area contributed by atoms with Crippen LogP contribution in [-0.4, -0.2) is 67.4 Å². The lowest BCUT2D eigenvalue weighted by Gasteiger charge is -2.12. The molecule has 0 unspecified atom stereocenters. The first-order chi connectivity index (χ1) is 13.2. The lowest BCUT2D eigenvalue weighted by molar-refractivity contribution is -0.173. The summed E-state index contributed by atoms with van der Waals surface area (Å²) in [5.41, 5.74) is 6.15. The summed E-state index contributed by atoms with van der Waals surface area (Å²) in [7, 11) is 0. The molecule has 1 aliphatic heterocycles. The van der Waals surface area contributed by atoms with Gasteiger partial charge < -0.3 is 26.0 Å². The van der Waals surface area contributed by atoms with Crippen LogP contribution in [0.15, 0.2) is 6.33 Å². The number of nitrogen functional groups attached to an aromatic ring is 1. The van der Waals surface area contributed by atoms with Crippen molar-refractivity contribution in [2.75, 3.05) is 18.9 Å². The maximum absolute atomic E-state index is 12.2. The van der Waals surface area contributed by atoms with E-state index in [4.69, 9.17) is 10.5 Å². The summed E-state index contributed by atoms with van der Waals surface area (Å²) in [5, 5.41) is 25.2. The van der Waals surface area contributed by atoms with Crippen molar-refractivity contribution in [2.45, 2.75) is 31.0 Å². The molecule has 3 rings (SSSR count). The quantitative estimate of drug-likeness (QED) is 0.484. The molecular formula is C15H15F3N6O4. The Bertz CT molecular complexity index is 951. The highest BCUT2D eigenvalue weighted by Gasteiger charge is 2.38. The maximum Gasteiger partial charge on any atom is 0.471 e. The van der Waals surface area contributed by atoms with Crippen LogP contribution < -0.4 is 11.1 Å². The summed E-state index contributed by atoms with van der Waals surface area (Å²) >= 11 is 0. The predicted molar refractivity (Wildman–Crippen MR) is 87.3 cm³/mol. The number of aliphatic hydroxyl groups is 2. The van der Waals surface area contributed by atoms with Crippen LogP contribution >= 0.6 is 0 Å². The molecule has 0 bridgehead atoms. The summed E-state index contributed by atoms with van der Waals surface area (Å²) in [6.07, 6.45) is -6.16. The van der Waals surface area contributed by atoms with Gasteiger partial charge in [0.05, 0.1) is 24.6 Å². The van der Waals surface area contributed by atoms with Crippen molar-refractivity contribution in [3.05, 3.63) is 12.0 Å². The van der Waals surface area contributed by atoms with E-state index in [0.717, 1.165) is 0 Å². The van der Waals surface area contributed by atoms with Gasteiger partial charge in [0.2, 0.25) is 0 Å². The Kier molecular flexibility index (Phi) is 5.36. The highest BCUT2D eigenvalue weighted by molar-refractivity contribution is 5.90. The summed E-state index contributed by atoms with van der Waals surface area (Å²) < 4.78 is 43.3. The molecule has 1 saturated heterocycles. The van der Waals surface area contributed by atoms with E-state index in [1.165, 1.54) is 11.0 Å². The number of rotatable bonds is 3. The molecule has 28 heavy (non-hydrogen) atoms. The largest absolute Gasteiger partial charge is 0.471 e. The van der Waals surface area contributed by atoms with Gasteiger partial charge in [-0.3, -0.25) is 4.79 Å². The van der Waals surface area contributed by atoms with Crippen molar-refractivity contribution in [1.82, 2.24) is 25.1 Å². The van der Waals surface area contributed by atoms with Crippen LogP contribution in [0.4, 0.5) is 19.0 Å². The molecule has 0 aromatic carbocycles. The molecule has 0 radical (unpaired) electrons. The zero-order valence-corrected chi connectivity index (χ0v) is 14.1. The van der Waals surface area contributed by atoms with Gasteiger partial charge in [0.25, 0.3) is 0 Å². The minimum Gasteiger partial charge on any atom is -0.394 e. The fraction of sp³-hybridized carbons (Fsp3) is 0.467. The van der Waals surface area contributed by atoms with Gasteiger partial charge in [0.1, 0.15) is 23.9 Å². The molecule has 13 heteroatoms. The molecule has 3 atom stereocenters. The number of hydrogen-bond donors (Lipinski definition) is 4. The number of carbonyl (C=O) groups is 1. The van der Waals surface area contributed by atoms with Gasteiger partial charge in [-0.15, -0.1) is 0 Å². The number of carbonyl (C=O) groups excluding carboxylic acids is 1. The molecular weight excluding hydrogens is 385 g/mol. The highest BCUT2D eigenvalue weighted by atomic mass is 19.4. The topological polar surface area (TPSA) is 148 Å². The van der Waals surface area contributed by atoms with E-state index < -0.39 is 37.1 Å². The van der Waals surface area contributed by atoms with E-state index in [-0.39, 0.29) is 35.6 Å². The van der Waals surface area contributed by atoms with Crippen molar-refractivity contribution in [1.29, 1.82) is 0 Å². The van der Waals surface area contributed by atoms with Crippen LogP contribution in [0, 0.1) is 11.8 Å². The zero-order valence-electron chi connectivity index (χ0n) is 14.1. The highest BCUT2D eigenvalue weighted by Crippen LogP contribution is 2.32. The number of anilines is 1. The third kappa shape index (κ3) is 3.84. The second kappa shape index (κ2) is 7.58. The molecule has 0 aliphatic carbocycles. The first-order valence-electron chi connectivity index (χ1n) is 7.99. The van der Waals surface area contributed by atoms with E-state index in [1.54, 1.807) is 5.32 Å². The lowest BCUT2D eigenvalue weighted by atomic mass is 10.2. The molecule has 150 valence electrons. The number of fused-ring (bicyclic) bond motifs is 1. The number of amides is 1. The molecule has 2 aromatic rings. The molecule has 3 heterocycles. The first kappa shape index (κ1) is 19.8. The van der Waals surface area contributed by atoms with E-state index in [9.17, 15) is 28.2 Å². The molecule has 1 fully saturated rings. The number of aliphatic hydroxyl groups excluding tert-OH is 2. The Hall–Kier alpha value is -2.95. The van der Waals surface area contributed by atoms with Gasteiger partial charge in [0.15, 0.2) is 11.9 Å². The predicted octanol–water partition coefficient (Wildman–Crippen LogP) is -0.921. The zero-order chi connectivity index (χ0) is 20.5. The van der Waals surface area contributed by atoms with E-state index in [2.05, 4.69) is 26.9 Å². The summed E-state index contributed by atoms with van der Waals surface area (Å²) in [5.74, 6) is 2.81. The average molecular weight is 400 g/mol. The molecule has 2 aromatic heterocycles. The molecule has 10 nitrogen and oxygen atoms in total. The smallest absolute Gasteiger partial charge is 0.394 e. The number of halogens is 3. The summed E-state index contributed by atoms with van der Waals surface area (Å²) in [6, 6.07) is 0. The fourth-order valence-corrected chi connectivity index (χ4v) is 2.66. The van der Waals surface area contributed by atoms with E-state index in [1.807, 2.05) is 0 Å². The van der Waals surface area contributed by atoms with Crippen LogP contribution in [0.25, 0.3) is 11.0 Å². The van der Waals surface area contributed by atoms with Gasteiger partial charge in [-0.05, 0) is 5.92 Å². The number of hydrogen-bond acceptors (Lipinski definition) is 8. The van der Waals surface area contributed by atoms with Gasteiger partial charge in [0, 0.05) is 6.42 Å². The Morgan fingerprint density at radius 1 is 1.46 bits per heavy atom. The van der Waals surface area contributed by atoms with E-state index >= 15 is 0 Å². The number of ether oxygens (including phenoxy) is 1. The molecule has 1 amide bonds. The van der Waals surface area contributed by atoms with Crippen LogP contribution in [0.2, 0.25) is 0 Å². The first-order valence-corrected chi connectivity index (χ1v) is 7.99.